The van der Waals surface area contributed by atoms with E-state index in [2.05, 4.69) is 549 Å². The zero-order chi connectivity index (χ0) is 94.6. The molecule has 8 aliphatic rings. The van der Waals surface area contributed by atoms with E-state index in [-0.39, 0.29) is 26.9 Å². The molecule has 0 amide bonds. The second-order valence-electron chi connectivity index (χ2n) is 37.4. The lowest BCUT2D eigenvalue weighted by atomic mass is 9.33. The molecular formula is C128H84B4N8O2S2. The summed E-state index contributed by atoms with van der Waals surface area (Å²) in [6.07, 6.45) is 0. The maximum atomic E-state index is 6.73. The van der Waals surface area contributed by atoms with E-state index in [0.29, 0.717) is 0 Å². The van der Waals surface area contributed by atoms with Crippen molar-refractivity contribution in [2.45, 2.75) is 0 Å². The van der Waals surface area contributed by atoms with Gasteiger partial charge in [0.05, 0.1) is 22.0 Å². The molecule has 0 unspecified atom stereocenters. The highest BCUT2D eigenvalue weighted by atomic mass is 32.1. The number of rotatable bonds is 8. The Kier molecular flexibility index (Phi) is 19.6. The molecule has 0 aliphatic carbocycles. The van der Waals surface area contributed by atoms with Gasteiger partial charge in [0.2, 0.25) is 5.88 Å². The van der Waals surface area contributed by atoms with Crippen LogP contribution in [0.25, 0.3) is 42.1 Å². The van der Waals surface area contributed by atoms with Crippen LogP contribution in [0.1, 0.15) is 0 Å². The number of nitrogens with zero attached hydrogens (tertiary/aromatic N) is 8. The fourth-order valence-electron chi connectivity index (χ4n) is 24.1. The monoisotopic (exact) mass is 1870 g/mol. The van der Waals surface area contributed by atoms with Gasteiger partial charge in [0.1, 0.15) is 11.2 Å². The molecule has 0 radical (unpaired) electrons. The highest BCUT2D eigenvalue weighted by molar-refractivity contribution is 7.34. The Bertz CT molecular complexity index is 8620. The van der Waals surface area contributed by atoms with Crippen molar-refractivity contribution in [3.63, 3.8) is 0 Å². The van der Waals surface area contributed by atoms with Gasteiger partial charge in [-0.3, -0.25) is 4.90 Å². The minimum absolute atomic E-state index is 0.00900. The first-order chi connectivity index (χ1) is 71.6. The van der Waals surface area contributed by atoms with Crippen molar-refractivity contribution in [3.8, 4) is 0 Å². The summed E-state index contributed by atoms with van der Waals surface area (Å²) >= 11 is 3.84. The molecule has 16 heteroatoms. The number of para-hydroxylation sites is 14. The number of hydrogen-bond acceptors (Lipinski definition) is 12. The first-order valence-electron chi connectivity index (χ1n) is 49.3. The summed E-state index contributed by atoms with van der Waals surface area (Å²) in [5.41, 5.74) is 42.5. The zero-order valence-corrected chi connectivity index (χ0v) is 79.7. The fourth-order valence-corrected chi connectivity index (χ4v) is 26.7. The van der Waals surface area contributed by atoms with Gasteiger partial charge in [0.25, 0.3) is 26.9 Å². The summed E-state index contributed by atoms with van der Waals surface area (Å²) in [7, 11) is 0. The highest BCUT2D eigenvalue weighted by Crippen LogP contribution is 2.54. The van der Waals surface area contributed by atoms with Gasteiger partial charge in [-0.2, -0.15) is 0 Å². The van der Waals surface area contributed by atoms with Gasteiger partial charge >= 0.3 is 0 Å². The number of hydrogen-bond donors (Lipinski definition) is 0. The van der Waals surface area contributed by atoms with Gasteiger partial charge < -0.3 is 43.1 Å². The first kappa shape index (κ1) is 83.1. The van der Waals surface area contributed by atoms with Gasteiger partial charge in [0.15, 0.2) is 0 Å². The van der Waals surface area contributed by atoms with Crippen LogP contribution < -0.4 is 104 Å². The predicted molar refractivity (Wildman–Crippen MR) is 612 cm³/mol. The van der Waals surface area contributed by atoms with Crippen LogP contribution in [0.4, 0.5) is 136 Å². The Balaban J connectivity index is 0.0000000913. The third kappa shape index (κ3) is 12.9. The van der Waals surface area contributed by atoms with Gasteiger partial charge in [-0.1, -0.05) is 309 Å². The molecule has 672 valence electrons. The van der Waals surface area contributed by atoms with E-state index < -0.39 is 0 Å². The lowest BCUT2D eigenvalue weighted by Gasteiger charge is -2.43. The molecule has 0 N–H and O–H groups in total. The van der Waals surface area contributed by atoms with E-state index in [0.717, 1.165) is 62.2 Å². The summed E-state index contributed by atoms with van der Waals surface area (Å²) in [5.74, 6) is 0.903. The SMILES string of the molecule is c1ccc(N2c3ccccc3B3c4c2cccc4N(c2ccccc2)c2oc4ccccc4c23)cc1.c1ccc(N2c3ccccc3B3c4c2cccc4N(c2ccccc2)c2sc4ccccc4c23)cc1.c1ccc(N2c3ccccc3B3c4oc5ccccc5c4N(c4ccccc4)c4cccc2c43)cc1.c1ccc(N2c3ccccc3B3c4sc5ccccc5c4N(c4ccccc4)c4cccc2c43)cc1. The Morgan fingerprint density at radius 3 is 0.868 bits per heavy atom. The van der Waals surface area contributed by atoms with Crippen molar-refractivity contribution >= 4 is 293 Å². The number of fused-ring (bicyclic) bond motifs is 24. The van der Waals surface area contributed by atoms with Crippen molar-refractivity contribution in [3.05, 3.63) is 510 Å². The molecule has 10 nitrogen and oxygen atoms in total. The minimum Gasteiger partial charge on any atom is -0.468 e. The molecule has 32 rings (SSSR count). The Morgan fingerprint density at radius 1 is 0.167 bits per heavy atom. The summed E-state index contributed by atoms with van der Waals surface area (Å²) in [6, 6.07) is 183. The molecule has 0 fully saturated rings. The molecule has 20 aromatic carbocycles. The first-order valence-corrected chi connectivity index (χ1v) is 51.0. The average molecular weight is 1870 g/mol. The smallest absolute Gasteiger partial charge is 0.297 e. The zero-order valence-electron chi connectivity index (χ0n) is 78.0. The van der Waals surface area contributed by atoms with Crippen LogP contribution in [0.2, 0.25) is 0 Å². The van der Waals surface area contributed by atoms with Crippen LogP contribution in [-0.2, 0) is 0 Å². The van der Waals surface area contributed by atoms with Gasteiger partial charge in [0, 0.05) is 150 Å². The number of furan rings is 2. The summed E-state index contributed by atoms with van der Waals surface area (Å²) in [6.45, 7) is 0.457. The molecular weight excluding hydrogens is 1790 g/mol. The van der Waals surface area contributed by atoms with E-state index in [1.54, 1.807) is 0 Å². The molecule has 0 bridgehead atoms. The number of thiophene rings is 2. The van der Waals surface area contributed by atoms with Crippen LogP contribution in [0, 0.1) is 0 Å². The predicted octanol–water partition coefficient (Wildman–Crippen LogP) is 27.0. The topological polar surface area (TPSA) is 52.2 Å². The highest BCUT2D eigenvalue weighted by Gasteiger charge is 2.51. The van der Waals surface area contributed by atoms with Crippen LogP contribution in [0.15, 0.2) is 518 Å². The molecule has 0 saturated carbocycles. The van der Waals surface area contributed by atoms with Crippen molar-refractivity contribution < 1.29 is 8.83 Å². The molecule has 12 heterocycles. The maximum absolute atomic E-state index is 6.73. The second kappa shape index (κ2) is 34.0. The molecule has 4 aromatic heterocycles. The number of anilines is 24. The summed E-state index contributed by atoms with van der Waals surface area (Å²) in [5, 5.41) is 6.30. The second-order valence-corrected chi connectivity index (χ2v) is 39.5. The standard InChI is InChI=1S/2C32H21BN2O.2C32H21BN2S/c1-3-12-22(13-4-1)34-26-18-9-8-17-25(26)33-30-27(34)19-11-20-28(30)35(23-14-5-2-6-15-23)31-24-16-7-10-21-29(24)36-32(31)33;1-3-12-22(13-4-1)34-26-18-9-8-17-25(26)33-30-24-16-7-10-21-29(24)36-32(30)35(23-14-5-2-6-15-23)28-20-11-19-27(34)31(28)33;1-3-12-22(13-4-1)34-26-18-9-8-17-25(26)33-30-27(34)19-11-20-28(30)35(23-14-5-2-6-15-23)31-24-16-7-10-21-29(24)36-32(31)33;1-3-12-22(13-4-1)34-26-18-9-8-17-25(26)33-30-24-16-7-10-21-29(24)36-32(30)35(23-14-5-2-6-15-23)28-20-11-19-27(34)31(28)33/h4*1-21H. The van der Waals surface area contributed by atoms with Crippen LogP contribution in [0.5, 0.6) is 0 Å². The van der Waals surface area contributed by atoms with Crippen molar-refractivity contribution in [2.75, 3.05) is 39.2 Å². The van der Waals surface area contributed by atoms with Crippen molar-refractivity contribution in [1.82, 2.24) is 0 Å². The Hall–Kier alpha value is -17.9. The van der Waals surface area contributed by atoms with Crippen LogP contribution in [0.3, 0.4) is 0 Å². The van der Waals surface area contributed by atoms with Crippen LogP contribution >= 0.6 is 22.7 Å². The number of benzene rings is 20. The maximum Gasteiger partial charge on any atom is 0.297 e. The molecule has 0 atom stereocenters. The average Bonchev–Trinajstić information content (AvgIpc) is 1.52. The fraction of sp³-hybridized carbons (Fsp3) is 0. The summed E-state index contributed by atoms with van der Waals surface area (Å²) < 4.78 is 17.5. The molecule has 144 heavy (non-hydrogen) atoms. The van der Waals surface area contributed by atoms with Gasteiger partial charge in [-0.25, -0.2) is 0 Å². The minimum atomic E-state index is 0.00900. The molecule has 24 aromatic rings. The Labute approximate surface area is 843 Å². The van der Waals surface area contributed by atoms with Crippen molar-refractivity contribution in [2.24, 2.45) is 0 Å². The van der Waals surface area contributed by atoms with E-state index >= 15 is 0 Å². The largest absolute Gasteiger partial charge is 0.468 e. The van der Waals surface area contributed by atoms with E-state index in [1.807, 2.05) is 22.7 Å². The lowest BCUT2D eigenvalue weighted by Crippen LogP contribution is -2.61. The Morgan fingerprint density at radius 2 is 0.438 bits per heavy atom. The van der Waals surface area contributed by atoms with Crippen LogP contribution in [-0.4, -0.2) is 26.9 Å². The van der Waals surface area contributed by atoms with Crippen molar-refractivity contribution in [1.29, 1.82) is 0 Å². The van der Waals surface area contributed by atoms with Gasteiger partial charge in [-0.05, 0) is 255 Å². The lowest BCUT2D eigenvalue weighted by molar-refractivity contribution is 0.623. The van der Waals surface area contributed by atoms with E-state index in [9.17, 15) is 0 Å². The summed E-state index contributed by atoms with van der Waals surface area (Å²) in [4.78, 5) is 19.3. The van der Waals surface area contributed by atoms with Gasteiger partial charge in [-0.15, -0.1) is 22.7 Å². The third-order valence-electron chi connectivity index (χ3n) is 29.8. The normalized spacial score (nSPS) is 13.4. The molecule has 0 saturated heterocycles. The quantitative estimate of drug-likeness (QED) is 0.138. The van der Waals surface area contributed by atoms with E-state index in [1.165, 1.54) is 181 Å². The molecule has 8 aliphatic heterocycles. The van der Waals surface area contributed by atoms with E-state index in [4.69, 9.17) is 8.83 Å². The molecule has 0 spiro atoms. The third-order valence-corrected chi connectivity index (χ3v) is 32.2.